The molecular formula is C20H32N2O2. The Labute approximate surface area is 146 Å². The number of piperidine rings is 1. The zero-order chi connectivity index (χ0) is 17.5. The van der Waals surface area contributed by atoms with Crippen LogP contribution in [0.5, 0.6) is 5.75 Å². The Kier molecular flexibility index (Phi) is 7.10. The number of ether oxygens (including phenoxy) is 1. The SMILES string of the molecule is CCOc1ccc(C(C)NC(C)C(=O)N2CCCCC2CC)cc1. The summed E-state index contributed by atoms with van der Waals surface area (Å²) in [5.74, 6) is 1.12. The molecule has 4 heteroatoms. The summed E-state index contributed by atoms with van der Waals surface area (Å²) in [6.07, 6.45) is 4.56. The molecule has 0 spiro atoms. The van der Waals surface area contributed by atoms with Gasteiger partial charge in [-0.05, 0) is 64.2 Å². The predicted molar refractivity (Wildman–Crippen MR) is 98.3 cm³/mol. The first-order valence-electron chi connectivity index (χ1n) is 9.36. The van der Waals surface area contributed by atoms with E-state index in [4.69, 9.17) is 4.74 Å². The van der Waals surface area contributed by atoms with Gasteiger partial charge in [-0.2, -0.15) is 0 Å². The Balaban J connectivity index is 1.94. The quantitative estimate of drug-likeness (QED) is 0.823. The van der Waals surface area contributed by atoms with Crippen LogP contribution in [0.25, 0.3) is 0 Å². The van der Waals surface area contributed by atoms with Crippen LogP contribution in [0.2, 0.25) is 0 Å². The van der Waals surface area contributed by atoms with E-state index >= 15 is 0 Å². The van der Waals surface area contributed by atoms with Gasteiger partial charge in [-0.1, -0.05) is 19.1 Å². The van der Waals surface area contributed by atoms with Crippen molar-refractivity contribution >= 4 is 5.91 Å². The second kappa shape index (κ2) is 9.07. The van der Waals surface area contributed by atoms with Crippen LogP contribution in [-0.2, 0) is 4.79 Å². The molecule has 2 rings (SSSR count). The lowest BCUT2D eigenvalue weighted by Crippen LogP contribution is -2.51. The maximum atomic E-state index is 12.8. The van der Waals surface area contributed by atoms with Gasteiger partial charge in [-0.3, -0.25) is 10.1 Å². The summed E-state index contributed by atoms with van der Waals surface area (Å²) in [5.41, 5.74) is 1.17. The van der Waals surface area contributed by atoms with Crippen molar-refractivity contribution in [2.24, 2.45) is 0 Å². The average molecular weight is 332 g/mol. The van der Waals surface area contributed by atoms with E-state index < -0.39 is 0 Å². The molecule has 1 aliphatic heterocycles. The number of carbonyl (C=O) groups is 1. The third kappa shape index (κ3) is 4.73. The Morgan fingerprint density at radius 1 is 1.25 bits per heavy atom. The third-order valence-corrected chi connectivity index (χ3v) is 4.94. The van der Waals surface area contributed by atoms with Crippen LogP contribution in [0.15, 0.2) is 24.3 Å². The molecule has 4 nitrogen and oxygen atoms in total. The summed E-state index contributed by atoms with van der Waals surface area (Å²) >= 11 is 0. The zero-order valence-electron chi connectivity index (χ0n) is 15.5. The van der Waals surface area contributed by atoms with Gasteiger partial charge in [0.2, 0.25) is 5.91 Å². The third-order valence-electron chi connectivity index (χ3n) is 4.94. The maximum absolute atomic E-state index is 12.8. The second-order valence-electron chi connectivity index (χ2n) is 6.70. The summed E-state index contributed by atoms with van der Waals surface area (Å²) in [6.45, 7) is 9.82. The molecule has 1 N–H and O–H groups in total. The minimum Gasteiger partial charge on any atom is -0.494 e. The number of hydrogen-bond donors (Lipinski definition) is 1. The van der Waals surface area contributed by atoms with Gasteiger partial charge in [0.05, 0.1) is 12.6 Å². The van der Waals surface area contributed by atoms with Crippen LogP contribution in [0.1, 0.15) is 65.0 Å². The van der Waals surface area contributed by atoms with Gasteiger partial charge in [0.25, 0.3) is 0 Å². The molecule has 0 aliphatic carbocycles. The van der Waals surface area contributed by atoms with E-state index in [1.807, 2.05) is 26.0 Å². The maximum Gasteiger partial charge on any atom is 0.239 e. The lowest BCUT2D eigenvalue weighted by atomic mass is 9.99. The molecule has 0 saturated carbocycles. The lowest BCUT2D eigenvalue weighted by Gasteiger charge is -2.37. The van der Waals surface area contributed by atoms with Crippen molar-refractivity contribution in [2.75, 3.05) is 13.2 Å². The molecule has 1 amide bonds. The topological polar surface area (TPSA) is 41.6 Å². The first kappa shape index (κ1) is 18.8. The Morgan fingerprint density at radius 3 is 2.58 bits per heavy atom. The van der Waals surface area contributed by atoms with Crippen LogP contribution in [0, 0.1) is 0 Å². The number of likely N-dealkylation sites (tertiary alicyclic amines) is 1. The number of nitrogens with one attached hydrogen (secondary N) is 1. The molecule has 134 valence electrons. The molecule has 1 aliphatic rings. The molecule has 1 saturated heterocycles. The van der Waals surface area contributed by atoms with E-state index in [1.54, 1.807) is 0 Å². The molecule has 24 heavy (non-hydrogen) atoms. The van der Waals surface area contributed by atoms with Gasteiger partial charge in [0.1, 0.15) is 5.75 Å². The molecule has 0 radical (unpaired) electrons. The Bertz CT molecular complexity index is 515. The fraction of sp³-hybridized carbons (Fsp3) is 0.650. The normalized spacial score (nSPS) is 20.5. The van der Waals surface area contributed by atoms with E-state index in [9.17, 15) is 4.79 Å². The second-order valence-corrected chi connectivity index (χ2v) is 6.70. The van der Waals surface area contributed by atoms with Crippen molar-refractivity contribution in [2.45, 2.75) is 71.5 Å². The van der Waals surface area contributed by atoms with Crippen molar-refractivity contribution in [3.63, 3.8) is 0 Å². The van der Waals surface area contributed by atoms with Crippen molar-refractivity contribution < 1.29 is 9.53 Å². The highest BCUT2D eigenvalue weighted by Gasteiger charge is 2.29. The van der Waals surface area contributed by atoms with Crippen molar-refractivity contribution in [3.05, 3.63) is 29.8 Å². The van der Waals surface area contributed by atoms with E-state index in [0.717, 1.165) is 31.6 Å². The zero-order valence-corrected chi connectivity index (χ0v) is 15.5. The summed E-state index contributed by atoms with van der Waals surface area (Å²) in [6, 6.07) is 8.48. The Hall–Kier alpha value is -1.55. The number of benzene rings is 1. The van der Waals surface area contributed by atoms with Gasteiger partial charge in [0.15, 0.2) is 0 Å². The van der Waals surface area contributed by atoms with Gasteiger partial charge in [-0.25, -0.2) is 0 Å². The molecule has 0 aromatic heterocycles. The van der Waals surface area contributed by atoms with Crippen LogP contribution in [-0.4, -0.2) is 36.0 Å². The largest absolute Gasteiger partial charge is 0.494 e. The minimum atomic E-state index is -0.168. The van der Waals surface area contributed by atoms with Crippen LogP contribution < -0.4 is 10.1 Å². The highest BCUT2D eigenvalue weighted by atomic mass is 16.5. The smallest absolute Gasteiger partial charge is 0.239 e. The van der Waals surface area contributed by atoms with Crippen molar-refractivity contribution in [1.82, 2.24) is 10.2 Å². The highest BCUT2D eigenvalue weighted by Crippen LogP contribution is 2.22. The fourth-order valence-corrected chi connectivity index (χ4v) is 3.53. The number of nitrogens with zero attached hydrogens (tertiary/aromatic N) is 1. The van der Waals surface area contributed by atoms with E-state index in [1.165, 1.54) is 12.0 Å². The molecule has 3 atom stereocenters. The van der Waals surface area contributed by atoms with Crippen LogP contribution in [0.3, 0.4) is 0 Å². The van der Waals surface area contributed by atoms with Gasteiger partial charge < -0.3 is 9.64 Å². The number of rotatable bonds is 7. The van der Waals surface area contributed by atoms with Crippen molar-refractivity contribution in [3.8, 4) is 5.75 Å². The predicted octanol–water partition coefficient (Wildman–Crippen LogP) is 3.92. The van der Waals surface area contributed by atoms with E-state index in [0.29, 0.717) is 12.6 Å². The number of hydrogen-bond acceptors (Lipinski definition) is 3. The standard InChI is InChI=1S/C20H32N2O2/c1-5-18-9-7-8-14-22(18)20(23)16(4)21-15(3)17-10-12-19(13-11-17)24-6-2/h10-13,15-16,18,21H,5-9,14H2,1-4H3. The van der Waals surface area contributed by atoms with Gasteiger partial charge in [0, 0.05) is 18.6 Å². The molecular weight excluding hydrogens is 300 g/mol. The lowest BCUT2D eigenvalue weighted by molar-refractivity contribution is -0.137. The summed E-state index contributed by atoms with van der Waals surface area (Å²) < 4.78 is 5.48. The summed E-state index contributed by atoms with van der Waals surface area (Å²) in [7, 11) is 0. The fourth-order valence-electron chi connectivity index (χ4n) is 3.53. The molecule has 1 heterocycles. The monoisotopic (exact) mass is 332 g/mol. The molecule has 0 bridgehead atoms. The van der Waals surface area contributed by atoms with Crippen LogP contribution in [0.4, 0.5) is 0 Å². The number of amides is 1. The molecule has 1 aromatic carbocycles. The number of carbonyl (C=O) groups excluding carboxylic acids is 1. The average Bonchev–Trinajstić information content (AvgIpc) is 2.61. The van der Waals surface area contributed by atoms with Crippen LogP contribution >= 0.6 is 0 Å². The minimum absolute atomic E-state index is 0.129. The van der Waals surface area contributed by atoms with Crippen molar-refractivity contribution in [1.29, 1.82) is 0 Å². The van der Waals surface area contributed by atoms with Gasteiger partial charge >= 0.3 is 0 Å². The molecule has 3 unspecified atom stereocenters. The molecule has 1 aromatic rings. The summed E-state index contributed by atoms with van der Waals surface area (Å²) in [5, 5.41) is 3.46. The van der Waals surface area contributed by atoms with E-state index in [2.05, 4.69) is 36.2 Å². The van der Waals surface area contributed by atoms with E-state index in [-0.39, 0.29) is 18.0 Å². The summed E-state index contributed by atoms with van der Waals surface area (Å²) in [4.78, 5) is 14.9. The molecule has 1 fully saturated rings. The first-order chi connectivity index (χ1) is 11.6. The first-order valence-corrected chi connectivity index (χ1v) is 9.36. The Morgan fingerprint density at radius 2 is 1.96 bits per heavy atom. The highest BCUT2D eigenvalue weighted by molar-refractivity contribution is 5.82. The van der Waals surface area contributed by atoms with Gasteiger partial charge in [-0.15, -0.1) is 0 Å².